The second kappa shape index (κ2) is 5.65. The fourth-order valence-corrected chi connectivity index (χ4v) is 4.28. The van der Waals surface area contributed by atoms with Gasteiger partial charge in [0.15, 0.2) is 0 Å². The van der Waals surface area contributed by atoms with Gasteiger partial charge in [-0.15, -0.1) is 0 Å². The molecule has 0 bridgehead atoms. The first-order valence-electron chi connectivity index (χ1n) is 6.34. The van der Waals surface area contributed by atoms with E-state index in [0.717, 1.165) is 32.4 Å². The molecule has 0 aromatic carbocycles. The van der Waals surface area contributed by atoms with E-state index < -0.39 is 10.0 Å². The molecule has 2 rings (SSSR count). The van der Waals surface area contributed by atoms with Gasteiger partial charge in [0.2, 0.25) is 10.0 Å². The third kappa shape index (κ3) is 3.40. The zero-order valence-electron chi connectivity index (χ0n) is 10.4. The van der Waals surface area contributed by atoms with Crippen LogP contribution in [0.15, 0.2) is 0 Å². The van der Waals surface area contributed by atoms with Crippen LogP contribution in [0.1, 0.15) is 19.3 Å². The fourth-order valence-electron chi connectivity index (χ4n) is 2.50. The smallest absolute Gasteiger partial charge is 0.214 e. The summed E-state index contributed by atoms with van der Waals surface area (Å²) in [5.41, 5.74) is 0. The molecule has 0 spiro atoms. The first kappa shape index (κ1) is 13.3. The van der Waals surface area contributed by atoms with E-state index >= 15 is 0 Å². The molecule has 0 aliphatic carbocycles. The van der Waals surface area contributed by atoms with Crippen molar-refractivity contribution in [2.24, 2.45) is 5.92 Å². The second-order valence-corrected chi connectivity index (χ2v) is 7.08. The highest BCUT2D eigenvalue weighted by molar-refractivity contribution is 7.89. The summed E-state index contributed by atoms with van der Waals surface area (Å²) in [6.45, 7) is 3.10. The number of rotatable bonds is 4. The SMILES string of the molecule is CN(C1CCOC1)S(=O)(=O)CC1CCNCC1. The molecular formula is C11H22N2O3S. The molecule has 2 aliphatic heterocycles. The van der Waals surface area contributed by atoms with Crippen molar-refractivity contribution in [1.29, 1.82) is 0 Å². The molecule has 2 heterocycles. The van der Waals surface area contributed by atoms with Crippen molar-refractivity contribution in [3.63, 3.8) is 0 Å². The molecule has 1 N–H and O–H groups in total. The second-order valence-electron chi connectivity index (χ2n) is 5.01. The van der Waals surface area contributed by atoms with Crippen molar-refractivity contribution >= 4 is 10.0 Å². The Bertz CT molecular complexity index is 333. The van der Waals surface area contributed by atoms with Crippen LogP contribution in [0.3, 0.4) is 0 Å². The minimum atomic E-state index is -3.12. The summed E-state index contributed by atoms with van der Waals surface area (Å²) in [7, 11) is -1.43. The van der Waals surface area contributed by atoms with Crippen molar-refractivity contribution in [2.45, 2.75) is 25.3 Å². The predicted octanol–water partition coefficient (Wildman–Crippen LogP) is 0.0365. The van der Waals surface area contributed by atoms with Gasteiger partial charge in [-0.25, -0.2) is 8.42 Å². The molecule has 2 fully saturated rings. The first-order chi connectivity index (χ1) is 8.09. The molecular weight excluding hydrogens is 240 g/mol. The number of likely N-dealkylation sites (N-methyl/N-ethyl adjacent to an activating group) is 1. The van der Waals surface area contributed by atoms with Crippen LogP contribution in [-0.4, -0.2) is 57.9 Å². The molecule has 0 amide bonds. The number of sulfonamides is 1. The van der Waals surface area contributed by atoms with Gasteiger partial charge in [0.1, 0.15) is 0 Å². The Balaban J connectivity index is 1.92. The number of nitrogens with one attached hydrogen (secondary N) is 1. The van der Waals surface area contributed by atoms with Crippen LogP contribution in [0.2, 0.25) is 0 Å². The van der Waals surface area contributed by atoms with Gasteiger partial charge < -0.3 is 10.1 Å². The number of hydrogen-bond donors (Lipinski definition) is 1. The Hall–Kier alpha value is -0.170. The molecule has 17 heavy (non-hydrogen) atoms. The van der Waals surface area contributed by atoms with Gasteiger partial charge in [0, 0.05) is 13.7 Å². The van der Waals surface area contributed by atoms with Gasteiger partial charge in [-0.3, -0.25) is 0 Å². The molecule has 0 aromatic heterocycles. The zero-order chi connectivity index (χ0) is 12.3. The summed E-state index contributed by atoms with van der Waals surface area (Å²) in [6.07, 6.45) is 2.75. The summed E-state index contributed by atoms with van der Waals surface area (Å²) in [6, 6.07) is 0.0433. The largest absolute Gasteiger partial charge is 0.380 e. The molecule has 2 saturated heterocycles. The van der Waals surface area contributed by atoms with Gasteiger partial charge in [0.25, 0.3) is 0 Å². The Labute approximate surface area is 104 Å². The van der Waals surface area contributed by atoms with E-state index in [-0.39, 0.29) is 6.04 Å². The summed E-state index contributed by atoms with van der Waals surface area (Å²) >= 11 is 0. The van der Waals surface area contributed by atoms with Gasteiger partial charge in [-0.1, -0.05) is 0 Å². The monoisotopic (exact) mass is 262 g/mol. The number of nitrogens with zero attached hydrogens (tertiary/aromatic N) is 1. The highest BCUT2D eigenvalue weighted by atomic mass is 32.2. The molecule has 100 valence electrons. The highest BCUT2D eigenvalue weighted by Gasteiger charge is 2.31. The van der Waals surface area contributed by atoms with E-state index in [1.165, 1.54) is 4.31 Å². The molecule has 6 heteroatoms. The fraction of sp³-hybridized carbons (Fsp3) is 1.00. The minimum Gasteiger partial charge on any atom is -0.380 e. The molecule has 1 unspecified atom stereocenters. The van der Waals surface area contributed by atoms with Crippen LogP contribution in [-0.2, 0) is 14.8 Å². The summed E-state index contributed by atoms with van der Waals surface area (Å²) in [5.74, 6) is 0.604. The van der Waals surface area contributed by atoms with Crippen molar-refractivity contribution in [3.8, 4) is 0 Å². The van der Waals surface area contributed by atoms with E-state index in [1.807, 2.05) is 0 Å². The van der Waals surface area contributed by atoms with Crippen LogP contribution < -0.4 is 5.32 Å². The Kier molecular flexibility index (Phi) is 4.41. The Morgan fingerprint density at radius 1 is 1.29 bits per heavy atom. The van der Waals surface area contributed by atoms with E-state index in [2.05, 4.69) is 5.32 Å². The lowest BCUT2D eigenvalue weighted by atomic mass is 10.0. The van der Waals surface area contributed by atoms with Crippen LogP contribution in [0.5, 0.6) is 0 Å². The van der Waals surface area contributed by atoms with Gasteiger partial charge in [-0.2, -0.15) is 4.31 Å². The molecule has 0 saturated carbocycles. The minimum absolute atomic E-state index is 0.0433. The molecule has 1 atom stereocenters. The van der Waals surface area contributed by atoms with Crippen molar-refractivity contribution in [2.75, 3.05) is 39.1 Å². The molecule has 0 aromatic rings. The number of ether oxygens (including phenoxy) is 1. The Morgan fingerprint density at radius 2 is 2.00 bits per heavy atom. The van der Waals surface area contributed by atoms with Gasteiger partial charge in [-0.05, 0) is 38.3 Å². The maximum Gasteiger partial charge on any atom is 0.214 e. The van der Waals surface area contributed by atoms with E-state index in [4.69, 9.17) is 4.74 Å². The van der Waals surface area contributed by atoms with Crippen molar-refractivity contribution in [3.05, 3.63) is 0 Å². The summed E-state index contributed by atoms with van der Waals surface area (Å²) in [4.78, 5) is 0. The van der Waals surface area contributed by atoms with Crippen molar-refractivity contribution in [1.82, 2.24) is 9.62 Å². The molecule has 0 radical (unpaired) electrons. The number of piperidine rings is 1. The standard InChI is InChI=1S/C11H22N2O3S/c1-13(11-4-7-16-8-11)17(14,15)9-10-2-5-12-6-3-10/h10-12H,2-9H2,1H3. The lowest BCUT2D eigenvalue weighted by molar-refractivity contribution is 0.180. The Morgan fingerprint density at radius 3 is 2.59 bits per heavy atom. The van der Waals surface area contributed by atoms with Gasteiger partial charge >= 0.3 is 0 Å². The normalized spacial score (nSPS) is 27.8. The van der Waals surface area contributed by atoms with E-state index in [0.29, 0.717) is 24.9 Å². The van der Waals surface area contributed by atoms with Gasteiger partial charge in [0.05, 0.1) is 18.4 Å². The summed E-state index contributed by atoms with van der Waals surface area (Å²) < 4.78 is 31.2. The third-order valence-corrected chi connectivity index (χ3v) is 5.83. The van der Waals surface area contributed by atoms with E-state index in [1.54, 1.807) is 7.05 Å². The highest BCUT2D eigenvalue weighted by Crippen LogP contribution is 2.20. The lowest BCUT2D eigenvalue weighted by Crippen LogP contribution is -2.41. The average molecular weight is 262 g/mol. The lowest BCUT2D eigenvalue weighted by Gasteiger charge is -2.27. The maximum absolute atomic E-state index is 12.2. The molecule has 5 nitrogen and oxygen atoms in total. The zero-order valence-corrected chi connectivity index (χ0v) is 11.2. The van der Waals surface area contributed by atoms with Crippen LogP contribution >= 0.6 is 0 Å². The maximum atomic E-state index is 12.2. The van der Waals surface area contributed by atoms with Crippen LogP contribution in [0.25, 0.3) is 0 Å². The third-order valence-electron chi connectivity index (χ3n) is 3.76. The van der Waals surface area contributed by atoms with Crippen LogP contribution in [0.4, 0.5) is 0 Å². The van der Waals surface area contributed by atoms with Crippen LogP contribution in [0, 0.1) is 5.92 Å². The quantitative estimate of drug-likeness (QED) is 0.777. The van der Waals surface area contributed by atoms with Crippen molar-refractivity contribution < 1.29 is 13.2 Å². The topological polar surface area (TPSA) is 58.6 Å². The number of hydrogen-bond acceptors (Lipinski definition) is 4. The predicted molar refractivity (Wildman–Crippen MR) is 66.4 cm³/mol. The van der Waals surface area contributed by atoms with E-state index in [9.17, 15) is 8.42 Å². The average Bonchev–Trinajstić information content (AvgIpc) is 2.82. The summed E-state index contributed by atoms with van der Waals surface area (Å²) in [5, 5.41) is 3.26. The molecule has 2 aliphatic rings. The first-order valence-corrected chi connectivity index (χ1v) is 7.94.